The Hall–Kier alpha value is -3.37. The zero-order valence-corrected chi connectivity index (χ0v) is 23.8. The highest BCUT2D eigenvalue weighted by molar-refractivity contribution is 5.91. The quantitative estimate of drug-likeness (QED) is 0.466. The highest BCUT2D eigenvalue weighted by atomic mass is 16.3. The minimum Gasteiger partial charge on any atom is -0.388 e. The average Bonchev–Trinajstić information content (AvgIpc) is 3.18. The fraction of sp³-hybridized carbons (Fsp3) is 0.567. The van der Waals surface area contributed by atoms with Gasteiger partial charge < -0.3 is 20.2 Å². The summed E-state index contributed by atoms with van der Waals surface area (Å²) in [4.78, 5) is 44.8. The predicted octanol–water partition coefficient (Wildman–Crippen LogP) is 3.28. The molecule has 5 rings (SSSR count). The highest BCUT2D eigenvalue weighted by Gasteiger charge is 2.56. The number of β-amino-alcohol motifs (C(OH)–C–C–N with tert-alkyl or cyclic N) is 1. The van der Waals surface area contributed by atoms with E-state index in [1.165, 1.54) is 5.56 Å². The number of aromatic nitrogens is 2. The SMILES string of the molecule is C/N=C\c1ncc(NC(=O)CCN2C[C@]3(CC[C@](c4ccccc4)(N(C)C)CC3)N(CC3(O)CCC3)C2=O)cn1. The summed E-state index contributed by atoms with van der Waals surface area (Å²) in [6.07, 6.45) is 10.8. The van der Waals surface area contributed by atoms with E-state index in [1.807, 2.05) is 15.9 Å². The molecule has 2 saturated carbocycles. The third-order valence-corrected chi connectivity index (χ3v) is 9.28. The van der Waals surface area contributed by atoms with Crippen molar-refractivity contribution in [3.05, 3.63) is 54.1 Å². The van der Waals surface area contributed by atoms with E-state index in [4.69, 9.17) is 0 Å². The number of hydrogen-bond donors (Lipinski definition) is 2. The maximum absolute atomic E-state index is 13.8. The summed E-state index contributed by atoms with van der Waals surface area (Å²) in [6.45, 7) is 1.25. The Labute approximate surface area is 236 Å². The summed E-state index contributed by atoms with van der Waals surface area (Å²) < 4.78 is 0. The number of aliphatic imine (C=N–C) groups is 1. The van der Waals surface area contributed by atoms with Crippen LogP contribution in [-0.2, 0) is 10.3 Å². The van der Waals surface area contributed by atoms with E-state index < -0.39 is 5.60 Å². The molecular formula is C30H41N7O3. The number of anilines is 1. The van der Waals surface area contributed by atoms with Gasteiger partial charge >= 0.3 is 6.03 Å². The molecule has 2 heterocycles. The molecule has 0 bridgehead atoms. The molecule has 3 fully saturated rings. The zero-order valence-electron chi connectivity index (χ0n) is 23.8. The van der Waals surface area contributed by atoms with Crippen molar-refractivity contribution in [1.29, 1.82) is 0 Å². The first-order valence-corrected chi connectivity index (χ1v) is 14.2. The molecule has 3 amide bonds. The van der Waals surface area contributed by atoms with Crippen LogP contribution < -0.4 is 5.32 Å². The third kappa shape index (κ3) is 5.47. The number of hydrogen-bond acceptors (Lipinski definition) is 7. The Morgan fingerprint density at radius 3 is 2.35 bits per heavy atom. The third-order valence-electron chi connectivity index (χ3n) is 9.28. The summed E-state index contributed by atoms with van der Waals surface area (Å²) in [7, 11) is 5.92. The van der Waals surface area contributed by atoms with Gasteiger partial charge in [-0.25, -0.2) is 14.8 Å². The van der Waals surface area contributed by atoms with Gasteiger partial charge in [0, 0.05) is 32.1 Å². The van der Waals surface area contributed by atoms with Crippen LogP contribution in [0.5, 0.6) is 0 Å². The standard InChI is InChI=1S/C30H41N7O3/c1-31-20-25-32-18-24(19-33-25)34-26(38)10-17-36-21-28(37(27(36)39)22-29(40)11-7-12-29)13-15-30(16-14-28,35(2)3)23-8-5-4-6-9-23/h4-6,8-9,18-20,40H,7,10-17,21-22H2,1-3H3,(H,34,38)/b31-20-/t28-,30+. The molecule has 0 radical (unpaired) electrons. The van der Waals surface area contributed by atoms with Gasteiger partial charge in [-0.2, -0.15) is 0 Å². The Kier molecular flexibility index (Phi) is 7.92. The summed E-state index contributed by atoms with van der Waals surface area (Å²) in [5, 5.41) is 13.9. The number of carbonyl (C=O) groups excluding carboxylic acids is 2. The average molecular weight is 548 g/mol. The first-order valence-electron chi connectivity index (χ1n) is 14.2. The largest absolute Gasteiger partial charge is 0.388 e. The van der Waals surface area contributed by atoms with E-state index in [-0.39, 0.29) is 29.4 Å². The molecule has 214 valence electrons. The first-order chi connectivity index (χ1) is 19.2. The molecule has 1 aromatic heterocycles. The van der Waals surface area contributed by atoms with Gasteiger partial charge in [0.05, 0.1) is 42.0 Å². The fourth-order valence-corrected chi connectivity index (χ4v) is 6.67. The summed E-state index contributed by atoms with van der Waals surface area (Å²) in [6, 6.07) is 10.6. The normalized spacial score (nSPS) is 26.1. The predicted molar refractivity (Wildman–Crippen MR) is 154 cm³/mol. The fourth-order valence-electron chi connectivity index (χ4n) is 6.67. The number of carbonyl (C=O) groups is 2. The van der Waals surface area contributed by atoms with Crippen molar-refractivity contribution in [2.75, 3.05) is 46.1 Å². The monoisotopic (exact) mass is 547 g/mol. The summed E-state index contributed by atoms with van der Waals surface area (Å²) >= 11 is 0. The van der Waals surface area contributed by atoms with Crippen LogP contribution >= 0.6 is 0 Å². The van der Waals surface area contributed by atoms with Crippen molar-refractivity contribution in [3.63, 3.8) is 0 Å². The number of nitrogens with zero attached hydrogens (tertiary/aromatic N) is 6. The maximum atomic E-state index is 13.8. The van der Waals surface area contributed by atoms with Crippen LogP contribution in [0.2, 0.25) is 0 Å². The molecule has 2 aliphatic carbocycles. The van der Waals surface area contributed by atoms with Gasteiger partial charge in [-0.05, 0) is 64.6 Å². The number of nitrogens with one attached hydrogen (secondary N) is 1. The summed E-state index contributed by atoms with van der Waals surface area (Å²) in [5.74, 6) is 0.275. The van der Waals surface area contributed by atoms with Gasteiger partial charge in [0.25, 0.3) is 0 Å². The van der Waals surface area contributed by atoms with Crippen molar-refractivity contribution < 1.29 is 14.7 Å². The lowest BCUT2D eigenvalue weighted by molar-refractivity contribution is -0.116. The second-order valence-corrected chi connectivity index (χ2v) is 11.9. The molecule has 10 heteroatoms. The molecule has 1 aromatic carbocycles. The Morgan fingerprint density at radius 2 is 1.77 bits per heavy atom. The minimum absolute atomic E-state index is 0.0725. The number of benzene rings is 1. The van der Waals surface area contributed by atoms with Crippen LogP contribution in [0.15, 0.2) is 47.7 Å². The molecule has 10 nitrogen and oxygen atoms in total. The number of rotatable bonds is 9. The van der Waals surface area contributed by atoms with Crippen LogP contribution in [0.1, 0.15) is 62.8 Å². The number of aliphatic hydroxyl groups is 1. The van der Waals surface area contributed by atoms with E-state index in [0.29, 0.717) is 31.1 Å². The lowest BCUT2D eigenvalue weighted by atomic mass is 9.67. The number of amides is 3. The Morgan fingerprint density at radius 1 is 1.10 bits per heavy atom. The van der Waals surface area contributed by atoms with Crippen molar-refractivity contribution >= 4 is 23.8 Å². The zero-order chi connectivity index (χ0) is 28.4. The van der Waals surface area contributed by atoms with Crippen LogP contribution in [0.4, 0.5) is 10.5 Å². The number of urea groups is 1. The van der Waals surface area contributed by atoms with E-state index in [1.54, 1.807) is 25.7 Å². The molecule has 2 N–H and O–H groups in total. The maximum Gasteiger partial charge on any atom is 0.320 e. The second-order valence-electron chi connectivity index (χ2n) is 11.9. The molecule has 2 aromatic rings. The lowest BCUT2D eigenvalue weighted by Gasteiger charge is -2.52. The van der Waals surface area contributed by atoms with Crippen molar-refractivity contribution in [1.82, 2.24) is 24.7 Å². The summed E-state index contributed by atoms with van der Waals surface area (Å²) in [5.41, 5.74) is 0.556. The van der Waals surface area contributed by atoms with Crippen molar-refractivity contribution in [3.8, 4) is 0 Å². The van der Waals surface area contributed by atoms with Crippen LogP contribution in [-0.4, -0.2) is 99.8 Å². The molecule has 1 spiro atoms. The molecule has 0 unspecified atom stereocenters. The van der Waals surface area contributed by atoms with E-state index in [0.717, 1.165) is 44.9 Å². The Bertz CT molecular complexity index is 1220. The van der Waals surface area contributed by atoms with Gasteiger partial charge in [-0.1, -0.05) is 30.3 Å². The molecule has 40 heavy (non-hydrogen) atoms. The minimum atomic E-state index is -0.805. The second kappa shape index (κ2) is 11.2. The molecule has 3 aliphatic rings. The highest BCUT2D eigenvalue weighted by Crippen LogP contribution is 2.50. The lowest BCUT2D eigenvalue weighted by Crippen LogP contribution is -2.59. The van der Waals surface area contributed by atoms with Crippen molar-refractivity contribution in [2.45, 2.75) is 68.0 Å². The van der Waals surface area contributed by atoms with Crippen LogP contribution in [0.25, 0.3) is 0 Å². The van der Waals surface area contributed by atoms with E-state index >= 15 is 0 Å². The van der Waals surface area contributed by atoms with Crippen molar-refractivity contribution in [2.24, 2.45) is 4.99 Å². The van der Waals surface area contributed by atoms with Gasteiger partial charge in [-0.3, -0.25) is 14.7 Å². The Balaban J connectivity index is 1.29. The van der Waals surface area contributed by atoms with Gasteiger partial charge in [0.2, 0.25) is 5.91 Å². The van der Waals surface area contributed by atoms with Crippen LogP contribution in [0, 0.1) is 0 Å². The van der Waals surface area contributed by atoms with E-state index in [9.17, 15) is 14.7 Å². The van der Waals surface area contributed by atoms with Gasteiger partial charge in [0.1, 0.15) is 0 Å². The van der Waals surface area contributed by atoms with Gasteiger partial charge in [-0.15, -0.1) is 0 Å². The van der Waals surface area contributed by atoms with Crippen LogP contribution in [0.3, 0.4) is 0 Å². The molecule has 0 atom stereocenters. The molecular weight excluding hydrogens is 506 g/mol. The topological polar surface area (TPSA) is 114 Å². The van der Waals surface area contributed by atoms with E-state index in [2.05, 4.69) is 63.5 Å². The smallest absolute Gasteiger partial charge is 0.320 e. The first kappa shape index (κ1) is 28.2. The molecule has 1 saturated heterocycles. The molecule has 1 aliphatic heterocycles. The van der Waals surface area contributed by atoms with Gasteiger partial charge in [0.15, 0.2) is 5.82 Å².